The van der Waals surface area contributed by atoms with Gasteiger partial charge in [0.05, 0.1) is 0 Å². The number of ether oxygens (including phenoxy) is 1. The zero-order valence-corrected chi connectivity index (χ0v) is 12.6. The molecule has 1 aromatic carbocycles. The van der Waals surface area contributed by atoms with Crippen LogP contribution in [0.15, 0.2) is 28.8 Å². The molecule has 0 radical (unpaired) electrons. The summed E-state index contributed by atoms with van der Waals surface area (Å²) < 4.78 is 10.8. The molecule has 0 spiro atoms. The minimum Gasteiger partial charge on any atom is -0.388 e. The Labute approximate surface area is 119 Å². The highest BCUT2D eigenvalue weighted by Gasteiger charge is 2.30. The normalized spacial score (nSPS) is 13.2. The fourth-order valence-electron chi connectivity index (χ4n) is 2.08. The second-order valence-corrected chi connectivity index (χ2v) is 5.77. The van der Waals surface area contributed by atoms with E-state index in [1.807, 2.05) is 31.3 Å². The van der Waals surface area contributed by atoms with Crippen molar-refractivity contribution in [3.8, 4) is 11.5 Å². The smallest absolute Gasteiger partial charge is 0.258 e. The van der Waals surface area contributed by atoms with Gasteiger partial charge < -0.3 is 14.6 Å². The number of benzene rings is 1. The Morgan fingerprint density at radius 3 is 2.35 bits per heavy atom. The molecule has 1 aromatic heterocycles. The molecule has 5 heteroatoms. The first-order valence-corrected chi connectivity index (χ1v) is 6.60. The summed E-state index contributed by atoms with van der Waals surface area (Å²) >= 11 is 0. The Balaban J connectivity index is 2.27. The zero-order valence-electron chi connectivity index (χ0n) is 12.6. The van der Waals surface area contributed by atoms with Crippen LogP contribution in [0.4, 0.5) is 5.69 Å². The van der Waals surface area contributed by atoms with Crippen LogP contribution in [-0.4, -0.2) is 24.3 Å². The summed E-state index contributed by atoms with van der Waals surface area (Å²) in [4.78, 5) is 4.45. The van der Waals surface area contributed by atoms with Gasteiger partial charge in [-0.3, -0.25) is 0 Å². The van der Waals surface area contributed by atoms with Crippen LogP contribution in [0, 0.1) is 5.41 Å². The SMILES string of the molecule is CNc1ccc(-c2nc(C(OC)C(C)(C)C)no2)cc1. The minimum absolute atomic E-state index is 0.0914. The van der Waals surface area contributed by atoms with E-state index in [9.17, 15) is 0 Å². The molecule has 1 atom stereocenters. The lowest BCUT2D eigenvalue weighted by Crippen LogP contribution is -2.21. The molecule has 0 aliphatic rings. The summed E-state index contributed by atoms with van der Waals surface area (Å²) in [6, 6.07) is 7.83. The van der Waals surface area contributed by atoms with Gasteiger partial charge in [-0.1, -0.05) is 25.9 Å². The van der Waals surface area contributed by atoms with E-state index in [1.165, 1.54) is 0 Å². The first-order chi connectivity index (χ1) is 9.45. The summed E-state index contributed by atoms with van der Waals surface area (Å²) in [5, 5.41) is 7.12. The van der Waals surface area contributed by atoms with Gasteiger partial charge in [0.15, 0.2) is 0 Å². The molecule has 0 bridgehead atoms. The molecule has 0 fully saturated rings. The third-order valence-corrected chi connectivity index (χ3v) is 3.12. The number of anilines is 1. The standard InChI is InChI=1S/C15H21N3O2/c1-15(2,3)12(19-5)13-17-14(20-18-13)10-6-8-11(16-4)9-7-10/h6-9,12,16H,1-5H3. The molecule has 1 heterocycles. The Morgan fingerprint density at radius 1 is 1.20 bits per heavy atom. The van der Waals surface area contributed by atoms with Crippen molar-refractivity contribution < 1.29 is 9.26 Å². The predicted octanol–water partition coefficient (Wildman–Crippen LogP) is 3.51. The van der Waals surface area contributed by atoms with Gasteiger partial charge in [-0.2, -0.15) is 4.98 Å². The number of nitrogens with zero attached hydrogens (tertiary/aromatic N) is 2. The van der Waals surface area contributed by atoms with Crippen molar-refractivity contribution in [2.24, 2.45) is 5.41 Å². The van der Waals surface area contributed by atoms with E-state index < -0.39 is 0 Å². The minimum atomic E-state index is -0.198. The van der Waals surface area contributed by atoms with Crippen molar-refractivity contribution >= 4 is 5.69 Å². The summed E-state index contributed by atoms with van der Waals surface area (Å²) in [6.45, 7) is 6.25. The molecule has 1 N–H and O–H groups in total. The lowest BCUT2D eigenvalue weighted by atomic mass is 9.88. The molecule has 0 saturated carbocycles. The zero-order chi connectivity index (χ0) is 14.8. The van der Waals surface area contributed by atoms with E-state index >= 15 is 0 Å². The first kappa shape index (κ1) is 14.5. The van der Waals surface area contributed by atoms with Gasteiger partial charge in [0.25, 0.3) is 5.89 Å². The van der Waals surface area contributed by atoms with Gasteiger partial charge >= 0.3 is 0 Å². The van der Waals surface area contributed by atoms with Gasteiger partial charge in [-0.05, 0) is 29.7 Å². The lowest BCUT2D eigenvalue weighted by Gasteiger charge is -2.26. The molecule has 1 unspecified atom stereocenters. The molecule has 2 rings (SSSR count). The predicted molar refractivity (Wildman–Crippen MR) is 78.5 cm³/mol. The van der Waals surface area contributed by atoms with E-state index in [1.54, 1.807) is 7.11 Å². The highest BCUT2D eigenvalue weighted by Crippen LogP contribution is 2.34. The largest absolute Gasteiger partial charge is 0.388 e. The van der Waals surface area contributed by atoms with Crippen LogP contribution in [0.5, 0.6) is 0 Å². The summed E-state index contributed by atoms with van der Waals surface area (Å²) in [5.74, 6) is 1.08. The maximum absolute atomic E-state index is 5.49. The number of hydrogen-bond donors (Lipinski definition) is 1. The summed E-state index contributed by atoms with van der Waals surface area (Å²) in [6.07, 6.45) is -0.198. The van der Waals surface area contributed by atoms with Gasteiger partial charge in [-0.25, -0.2) is 0 Å². The number of methoxy groups -OCH3 is 1. The van der Waals surface area contributed by atoms with E-state index in [0.29, 0.717) is 11.7 Å². The van der Waals surface area contributed by atoms with Crippen LogP contribution < -0.4 is 5.32 Å². The summed E-state index contributed by atoms with van der Waals surface area (Å²) in [7, 11) is 3.54. The van der Waals surface area contributed by atoms with Crippen molar-refractivity contribution in [1.82, 2.24) is 10.1 Å². The van der Waals surface area contributed by atoms with E-state index in [2.05, 4.69) is 36.2 Å². The van der Waals surface area contributed by atoms with Crippen LogP contribution in [0.25, 0.3) is 11.5 Å². The molecule has 108 valence electrons. The molecule has 2 aromatic rings. The van der Waals surface area contributed by atoms with Crippen molar-refractivity contribution in [3.63, 3.8) is 0 Å². The monoisotopic (exact) mass is 275 g/mol. The Morgan fingerprint density at radius 2 is 1.85 bits per heavy atom. The number of aromatic nitrogens is 2. The molecule has 20 heavy (non-hydrogen) atoms. The Bertz CT molecular complexity index is 555. The fourth-order valence-corrected chi connectivity index (χ4v) is 2.08. The highest BCUT2D eigenvalue weighted by atomic mass is 16.5. The van der Waals surface area contributed by atoms with Crippen LogP contribution in [0.3, 0.4) is 0 Å². The quantitative estimate of drug-likeness (QED) is 0.925. The molecular formula is C15H21N3O2. The molecule has 0 aliphatic heterocycles. The third kappa shape index (κ3) is 2.99. The second-order valence-electron chi connectivity index (χ2n) is 5.77. The second kappa shape index (κ2) is 5.63. The van der Waals surface area contributed by atoms with Crippen molar-refractivity contribution in [3.05, 3.63) is 30.1 Å². The molecule has 0 saturated heterocycles. The third-order valence-electron chi connectivity index (χ3n) is 3.12. The van der Waals surface area contributed by atoms with Crippen LogP contribution in [0.1, 0.15) is 32.7 Å². The molecule has 0 aliphatic carbocycles. The van der Waals surface area contributed by atoms with Gasteiger partial charge in [-0.15, -0.1) is 0 Å². The average molecular weight is 275 g/mol. The van der Waals surface area contributed by atoms with E-state index in [0.717, 1.165) is 11.3 Å². The first-order valence-electron chi connectivity index (χ1n) is 6.60. The average Bonchev–Trinajstić information content (AvgIpc) is 2.87. The maximum atomic E-state index is 5.49. The molecule has 5 nitrogen and oxygen atoms in total. The van der Waals surface area contributed by atoms with Crippen LogP contribution >= 0.6 is 0 Å². The van der Waals surface area contributed by atoms with Gasteiger partial charge in [0, 0.05) is 25.4 Å². The number of nitrogens with one attached hydrogen (secondary N) is 1. The highest BCUT2D eigenvalue weighted by molar-refractivity contribution is 5.58. The maximum Gasteiger partial charge on any atom is 0.258 e. The van der Waals surface area contributed by atoms with Crippen molar-refractivity contribution in [2.45, 2.75) is 26.9 Å². The van der Waals surface area contributed by atoms with E-state index in [4.69, 9.17) is 9.26 Å². The number of rotatable bonds is 4. The lowest BCUT2D eigenvalue weighted by molar-refractivity contribution is 0.00718. The topological polar surface area (TPSA) is 60.2 Å². The van der Waals surface area contributed by atoms with Crippen molar-refractivity contribution in [1.29, 1.82) is 0 Å². The summed E-state index contributed by atoms with van der Waals surface area (Å²) in [5.41, 5.74) is 1.84. The molecule has 0 amide bonds. The van der Waals surface area contributed by atoms with Crippen LogP contribution in [-0.2, 0) is 4.74 Å². The van der Waals surface area contributed by atoms with Gasteiger partial charge in [0.2, 0.25) is 5.82 Å². The van der Waals surface area contributed by atoms with Gasteiger partial charge in [0.1, 0.15) is 6.10 Å². The van der Waals surface area contributed by atoms with Crippen molar-refractivity contribution in [2.75, 3.05) is 19.5 Å². The fraction of sp³-hybridized carbons (Fsp3) is 0.467. The Hall–Kier alpha value is -1.88. The Kier molecular flexibility index (Phi) is 4.09. The van der Waals surface area contributed by atoms with Crippen LogP contribution in [0.2, 0.25) is 0 Å². The number of hydrogen-bond acceptors (Lipinski definition) is 5. The molecular weight excluding hydrogens is 254 g/mol. The van der Waals surface area contributed by atoms with E-state index in [-0.39, 0.29) is 11.5 Å².